The lowest BCUT2D eigenvalue weighted by molar-refractivity contribution is 0.351. The van der Waals surface area contributed by atoms with Crippen LogP contribution in [0.3, 0.4) is 0 Å². The number of aromatic nitrogens is 3. The van der Waals surface area contributed by atoms with E-state index in [9.17, 15) is 0 Å². The molecule has 0 saturated heterocycles. The highest BCUT2D eigenvalue weighted by Crippen LogP contribution is 2.17. The van der Waals surface area contributed by atoms with E-state index in [4.69, 9.17) is 10.6 Å². The Kier molecular flexibility index (Phi) is 3.02. The quantitative estimate of drug-likeness (QED) is 0.455. The Balaban J connectivity index is 2.36. The number of nitrogens with one attached hydrogen (secondary N) is 1. The molecule has 2 rings (SSSR count). The molecule has 3 N–H and O–H groups in total. The molecule has 0 aliphatic heterocycles. The van der Waals surface area contributed by atoms with E-state index in [0.29, 0.717) is 24.0 Å². The Morgan fingerprint density at radius 2 is 2.50 bits per heavy atom. The fraction of sp³-hybridized carbons (Fsp3) is 0.200. The standard InChI is InChI=1S/C10H13N5O/c1-2-3-6-16-10-9-12-4-5-15(9)7-8(13-10)14-11/h2-5,7,14H,6,11H2,1H3/b3-2+. The van der Waals surface area contributed by atoms with Crippen LogP contribution in [0, 0.1) is 0 Å². The zero-order chi connectivity index (χ0) is 11.4. The van der Waals surface area contributed by atoms with Gasteiger partial charge in [0.2, 0.25) is 5.65 Å². The highest BCUT2D eigenvalue weighted by Gasteiger charge is 2.07. The van der Waals surface area contributed by atoms with E-state index in [-0.39, 0.29) is 0 Å². The summed E-state index contributed by atoms with van der Waals surface area (Å²) in [5.41, 5.74) is 3.15. The van der Waals surface area contributed by atoms with Crippen molar-refractivity contribution >= 4 is 11.5 Å². The molecule has 0 atom stereocenters. The van der Waals surface area contributed by atoms with Gasteiger partial charge in [-0.15, -0.1) is 0 Å². The molecule has 2 aromatic rings. The van der Waals surface area contributed by atoms with E-state index < -0.39 is 0 Å². The van der Waals surface area contributed by atoms with E-state index in [1.54, 1.807) is 23.0 Å². The van der Waals surface area contributed by atoms with Gasteiger partial charge < -0.3 is 10.2 Å². The number of hydrazine groups is 1. The van der Waals surface area contributed by atoms with Crippen LogP contribution < -0.4 is 16.0 Å². The molecule has 0 aromatic carbocycles. The van der Waals surface area contributed by atoms with Gasteiger partial charge in [0.05, 0.1) is 6.20 Å². The van der Waals surface area contributed by atoms with Gasteiger partial charge in [-0.2, -0.15) is 4.98 Å². The Labute approximate surface area is 92.7 Å². The fourth-order valence-corrected chi connectivity index (χ4v) is 1.29. The molecule has 0 saturated carbocycles. The summed E-state index contributed by atoms with van der Waals surface area (Å²) in [4.78, 5) is 8.34. The summed E-state index contributed by atoms with van der Waals surface area (Å²) < 4.78 is 7.28. The first-order valence-electron chi connectivity index (χ1n) is 4.89. The summed E-state index contributed by atoms with van der Waals surface area (Å²) in [5.74, 6) is 6.30. The van der Waals surface area contributed by atoms with Crippen molar-refractivity contribution in [2.24, 2.45) is 5.84 Å². The van der Waals surface area contributed by atoms with Gasteiger partial charge in [-0.05, 0) is 6.92 Å². The summed E-state index contributed by atoms with van der Waals surface area (Å²) in [5, 5.41) is 0. The van der Waals surface area contributed by atoms with Crippen molar-refractivity contribution in [2.45, 2.75) is 6.92 Å². The first-order valence-corrected chi connectivity index (χ1v) is 4.89. The molecule has 6 nitrogen and oxygen atoms in total. The average Bonchev–Trinajstić information content (AvgIpc) is 2.77. The Morgan fingerprint density at radius 1 is 1.62 bits per heavy atom. The molecule has 0 aliphatic rings. The number of hydrogen-bond acceptors (Lipinski definition) is 5. The summed E-state index contributed by atoms with van der Waals surface area (Å²) in [6.07, 6.45) is 9.03. The number of imidazole rings is 1. The molecular weight excluding hydrogens is 206 g/mol. The minimum Gasteiger partial charge on any atom is -0.471 e. The van der Waals surface area contributed by atoms with Gasteiger partial charge in [-0.3, -0.25) is 4.40 Å². The average molecular weight is 219 g/mol. The van der Waals surface area contributed by atoms with Gasteiger partial charge in [-0.25, -0.2) is 10.8 Å². The maximum absolute atomic E-state index is 5.48. The lowest BCUT2D eigenvalue weighted by Gasteiger charge is -2.06. The molecule has 0 spiro atoms. The third-order valence-corrected chi connectivity index (χ3v) is 2.04. The number of ether oxygens (including phenoxy) is 1. The summed E-state index contributed by atoms with van der Waals surface area (Å²) >= 11 is 0. The fourth-order valence-electron chi connectivity index (χ4n) is 1.29. The molecule has 2 heterocycles. The minimum atomic E-state index is 0.457. The van der Waals surface area contributed by atoms with Crippen LogP contribution in [0.15, 0.2) is 30.7 Å². The van der Waals surface area contributed by atoms with Crippen molar-refractivity contribution in [3.05, 3.63) is 30.7 Å². The molecule has 16 heavy (non-hydrogen) atoms. The van der Waals surface area contributed by atoms with Gasteiger partial charge >= 0.3 is 0 Å². The molecule has 0 unspecified atom stereocenters. The van der Waals surface area contributed by atoms with Crippen LogP contribution in [0.5, 0.6) is 5.88 Å². The summed E-state index contributed by atoms with van der Waals surface area (Å²) in [6, 6.07) is 0. The molecule has 84 valence electrons. The highest BCUT2D eigenvalue weighted by molar-refractivity contribution is 5.53. The van der Waals surface area contributed by atoms with E-state index in [2.05, 4.69) is 15.4 Å². The van der Waals surface area contributed by atoms with Gasteiger partial charge in [0.1, 0.15) is 6.61 Å². The number of anilines is 1. The second-order valence-corrected chi connectivity index (χ2v) is 3.11. The van der Waals surface area contributed by atoms with Crippen LogP contribution in [0.2, 0.25) is 0 Å². The maximum Gasteiger partial charge on any atom is 0.260 e. The number of allylic oxidation sites excluding steroid dienone is 1. The lowest BCUT2D eigenvalue weighted by Crippen LogP contribution is -2.10. The second kappa shape index (κ2) is 4.63. The van der Waals surface area contributed by atoms with Crippen molar-refractivity contribution in [1.29, 1.82) is 0 Å². The normalized spacial score (nSPS) is 11.1. The second-order valence-electron chi connectivity index (χ2n) is 3.11. The number of rotatable bonds is 4. The molecule has 0 bridgehead atoms. The third-order valence-electron chi connectivity index (χ3n) is 2.04. The minimum absolute atomic E-state index is 0.457. The monoisotopic (exact) mass is 219 g/mol. The SMILES string of the molecule is C/C=C/COc1nc(NN)cn2ccnc12. The first kappa shape index (κ1) is 10.4. The molecule has 0 amide bonds. The summed E-state index contributed by atoms with van der Waals surface area (Å²) in [7, 11) is 0. The molecule has 6 heteroatoms. The Bertz CT molecular complexity index is 505. The molecule has 0 radical (unpaired) electrons. The predicted molar refractivity (Wildman–Crippen MR) is 61.1 cm³/mol. The maximum atomic E-state index is 5.48. The van der Waals surface area contributed by atoms with Gasteiger partial charge in [0, 0.05) is 12.4 Å². The third kappa shape index (κ3) is 1.96. The van der Waals surface area contributed by atoms with Crippen LogP contribution in [0.25, 0.3) is 5.65 Å². The van der Waals surface area contributed by atoms with Gasteiger partial charge in [0.25, 0.3) is 5.88 Å². The predicted octanol–water partition coefficient (Wildman–Crippen LogP) is 0.970. The van der Waals surface area contributed by atoms with E-state index in [0.717, 1.165) is 0 Å². The number of nitrogen functional groups attached to an aromatic ring is 1. The van der Waals surface area contributed by atoms with Crippen LogP contribution in [0.1, 0.15) is 6.92 Å². The van der Waals surface area contributed by atoms with Crippen molar-refractivity contribution in [3.8, 4) is 5.88 Å². The van der Waals surface area contributed by atoms with E-state index in [1.807, 2.05) is 19.1 Å². The lowest BCUT2D eigenvalue weighted by atomic mass is 10.5. The first-order chi connectivity index (χ1) is 7.85. The van der Waals surface area contributed by atoms with Crippen LogP contribution >= 0.6 is 0 Å². The number of nitrogens with zero attached hydrogens (tertiary/aromatic N) is 3. The largest absolute Gasteiger partial charge is 0.471 e. The Hall–Kier alpha value is -2.08. The number of nitrogens with two attached hydrogens (primary N) is 1. The molecule has 2 aromatic heterocycles. The van der Waals surface area contributed by atoms with Crippen LogP contribution in [0.4, 0.5) is 5.82 Å². The van der Waals surface area contributed by atoms with Gasteiger partial charge in [0.15, 0.2) is 5.82 Å². The topological polar surface area (TPSA) is 77.5 Å². The number of hydrogen-bond donors (Lipinski definition) is 2. The highest BCUT2D eigenvalue weighted by atomic mass is 16.5. The van der Waals surface area contributed by atoms with Crippen LogP contribution in [-0.4, -0.2) is 21.0 Å². The van der Waals surface area contributed by atoms with E-state index >= 15 is 0 Å². The zero-order valence-corrected chi connectivity index (χ0v) is 8.92. The Morgan fingerprint density at radius 3 is 3.25 bits per heavy atom. The van der Waals surface area contributed by atoms with Gasteiger partial charge in [-0.1, -0.05) is 12.2 Å². The van der Waals surface area contributed by atoms with E-state index in [1.165, 1.54) is 0 Å². The molecular formula is C10H13N5O. The van der Waals surface area contributed by atoms with Crippen molar-refractivity contribution in [3.63, 3.8) is 0 Å². The smallest absolute Gasteiger partial charge is 0.260 e. The van der Waals surface area contributed by atoms with Crippen LogP contribution in [-0.2, 0) is 0 Å². The summed E-state index contributed by atoms with van der Waals surface area (Å²) in [6.45, 7) is 2.39. The number of fused-ring (bicyclic) bond motifs is 1. The van der Waals surface area contributed by atoms with Crippen molar-refractivity contribution in [1.82, 2.24) is 14.4 Å². The zero-order valence-electron chi connectivity index (χ0n) is 8.92. The molecule has 0 fully saturated rings. The van der Waals surface area contributed by atoms with Crippen molar-refractivity contribution < 1.29 is 4.74 Å². The van der Waals surface area contributed by atoms with Crippen molar-refractivity contribution in [2.75, 3.05) is 12.0 Å². The molecule has 0 aliphatic carbocycles.